The summed E-state index contributed by atoms with van der Waals surface area (Å²) in [6.07, 6.45) is 2.62. The molecule has 0 saturated carbocycles. The SMILES string of the molecule is CNC(c1cc(C)c(Cl)s1)C1CCCO1. The minimum absolute atomic E-state index is 0.295. The van der Waals surface area contributed by atoms with E-state index in [1.165, 1.54) is 11.3 Å². The third-order valence-electron chi connectivity index (χ3n) is 2.83. The van der Waals surface area contributed by atoms with E-state index in [-0.39, 0.29) is 0 Å². The van der Waals surface area contributed by atoms with Crippen LogP contribution in [0.15, 0.2) is 6.07 Å². The molecular weight excluding hydrogens is 230 g/mol. The average molecular weight is 246 g/mol. The lowest BCUT2D eigenvalue weighted by molar-refractivity contribution is 0.0818. The molecule has 2 unspecified atom stereocenters. The fourth-order valence-corrected chi connectivity index (χ4v) is 3.39. The van der Waals surface area contributed by atoms with Crippen LogP contribution in [0, 0.1) is 6.92 Å². The lowest BCUT2D eigenvalue weighted by atomic mass is 10.1. The Balaban J connectivity index is 2.18. The molecule has 0 aliphatic carbocycles. The van der Waals surface area contributed by atoms with Crippen LogP contribution in [-0.4, -0.2) is 19.8 Å². The maximum absolute atomic E-state index is 6.09. The van der Waals surface area contributed by atoms with E-state index in [1.54, 1.807) is 11.3 Å². The van der Waals surface area contributed by atoms with E-state index in [2.05, 4.69) is 11.4 Å². The summed E-state index contributed by atoms with van der Waals surface area (Å²) in [6, 6.07) is 2.46. The monoisotopic (exact) mass is 245 g/mol. The molecule has 2 atom stereocenters. The van der Waals surface area contributed by atoms with E-state index in [0.29, 0.717) is 12.1 Å². The molecule has 2 nitrogen and oxygen atoms in total. The minimum atomic E-state index is 0.295. The van der Waals surface area contributed by atoms with Gasteiger partial charge in [-0.1, -0.05) is 11.6 Å². The summed E-state index contributed by atoms with van der Waals surface area (Å²) in [5, 5.41) is 3.33. The fourth-order valence-electron chi connectivity index (χ4n) is 2.01. The minimum Gasteiger partial charge on any atom is -0.376 e. The number of hydrogen-bond donors (Lipinski definition) is 1. The fraction of sp³-hybridized carbons (Fsp3) is 0.636. The van der Waals surface area contributed by atoms with E-state index in [4.69, 9.17) is 16.3 Å². The van der Waals surface area contributed by atoms with Crippen LogP contribution in [0.25, 0.3) is 0 Å². The van der Waals surface area contributed by atoms with E-state index in [0.717, 1.165) is 22.9 Å². The van der Waals surface area contributed by atoms with Gasteiger partial charge in [0.1, 0.15) is 0 Å². The lowest BCUT2D eigenvalue weighted by Crippen LogP contribution is -2.28. The second kappa shape index (κ2) is 4.83. The van der Waals surface area contributed by atoms with Gasteiger partial charge in [0.2, 0.25) is 0 Å². The van der Waals surface area contributed by atoms with Crippen LogP contribution in [0.4, 0.5) is 0 Å². The molecule has 0 radical (unpaired) electrons. The molecule has 1 aromatic heterocycles. The Morgan fingerprint density at radius 3 is 2.93 bits per heavy atom. The van der Waals surface area contributed by atoms with Crippen molar-refractivity contribution in [2.45, 2.75) is 31.9 Å². The molecule has 1 fully saturated rings. The summed E-state index contributed by atoms with van der Waals surface area (Å²) >= 11 is 7.74. The highest BCUT2D eigenvalue weighted by atomic mass is 35.5. The normalized spacial score (nSPS) is 23.3. The maximum atomic E-state index is 6.09. The number of likely N-dealkylation sites (N-methyl/N-ethyl adjacent to an activating group) is 1. The third-order valence-corrected chi connectivity index (χ3v) is 4.47. The quantitative estimate of drug-likeness (QED) is 0.884. The number of thiophene rings is 1. The lowest BCUT2D eigenvalue weighted by Gasteiger charge is -2.20. The summed E-state index contributed by atoms with van der Waals surface area (Å²) in [5.41, 5.74) is 1.16. The highest BCUT2D eigenvalue weighted by Gasteiger charge is 2.27. The average Bonchev–Trinajstić information content (AvgIpc) is 2.80. The van der Waals surface area contributed by atoms with Crippen LogP contribution in [0.1, 0.15) is 29.3 Å². The summed E-state index contributed by atoms with van der Waals surface area (Å²) in [6.45, 7) is 2.94. The van der Waals surface area contributed by atoms with Crippen molar-refractivity contribution < 1.29 is 4.74 Å². The molecule has 0 spiro atoms. The van der Waals surface area contributed by atoms with Gasteiger partial charge in [0, 0.05) is 11.5 Å². The first-order valence-electron chi connectivity index (χ1n) is 5.27. The summed E-state index contributed by atoms with van der Waals surface area (Å²) < 4.78 is 6.60. The van der Waals surface area contributed by atoms with Crippen molar-refractivity contribution in [1.29, 1.82) is 0 Å². The van der Waals surface area contributed by atoms with Crippen LogP contribution in [0.5, 0.6) is 0 Å². The van der Waals surface area contributed by atoms with Crippen molar-refractivity contribution in [3.05, 3.63) is 20.8 Å². The Bertz CT molecular complexity index is 314. The van der Waals surface area contributed by atoms with Gasteiger partial charge in [0.15, 0.2) is 0 Å². The van der Waals surface area contributed by atoms with Gasteiger partial charge in [0.25, 0.3) is 0 Å². The molecule has 2 heterocycles. The standard InChI is InChI=1S/C11H16ClNOS/c1-7-6-9(15-11(7)12)10(13-2)8-4-3-5-14-8/h6,8,10,13H,3-5H2,1-2H3. The molecule has 1 aromatic rings. The van der Waals surface area contributed by atoms with Crippen LogP contribution in [-0.2, 0) is 4.74 Å². The molecule has 0 aromatic carbocycles. The number of aryl methyl sites for hydroxylation is 1. The van der Waals surface area contributed by atoms with Crippen molar-refractivity contribution in [2.75, 3.05) is 13.7 Å². The molecule has 1 N–H and O–H groups in total. The second-order valence-electron chi connectivity index (χ2n) is 3.92. The Morgan fingerprint density at radius 1 is 1.67 bits per heavy atom. The number of halogens is 1. The molecule has 0 bridgehead atoms. The van der Waals surface area contributed by atoms with Gasteiger partial charge in [-0.05, 0) is 38.4 Å². The van der Waals surface area contributed by atoms with Gasteiger partial charge in [-0.25, -0.2) is 0 Å². The molecule has 2 rings (SSSR count). The van der Waals surface area contributed by atoms with Gasteiger partial charge >= 0.3 is 0 Å². The zero-order chi connectivity index (χ0) is 10.8. The van der Waals surface area contributed by atoms with Crippen LogP contribution < -0.4 is 5.32 Å². The van der Waals surface area contributed by atoms with E-state index in [1.807, 2.05) is 14.0 Å². The van der Waals surface area contributed by atoms with Crippen LogP contribution in [0.3, 0.4) is 0 Å². The van der Waals surface area contributed by atoms with Crippen molar-refractivity contribution in [1.82, 2.24) is 5.32 Å². The van der Waals surface area contributed by atoms with E-state index in [9.17, 15) is 0 Å². The third kappa shape index (κ3) is 2.36. The smallest absolute Gasteiger partial charge is 0.0960 e. The molecule has 84 valence electrons. The largest absolute Gasteiger partial charge is 0.376 e. The van der Waals surface area contributed by atoms with Gasteiger partial charge in [-0.3, -0.25) is 0 Å². The number of ether oxygens (including phenoxy) is 1. The van der Waals surface area contributed by atoms with Crippen LogP contribution in [0.2, 0.25) is 4.34 Å². The second-order valence-corrected chi connectivity index (χ2v) is 5.61. The van der Waals surface area contributed by atoms with Gasteiger partial charge in [-0.2, -0.15) is 0 Å². The molecule has 15 heavy (non-hydrogen) atoms. The zero-order valence-electron chi connectivity index (χ0n) is 9.05. The molecule has 1 saturated heterocycles. The Kier molecular flexibility index (Phi) is 3.67. The highest BCUT2D eigenvalue weighted by Crippen LogP contribution is 2.35. The van der Waals surface area contributed by atoms with Crippen molar-refractivity contribution in [3.63, 3.8) is 0 Å². The molecule has 4 heteroatoms. The first-order chi connectivity index (χ1) is 7.22. The van der Waals surface area contributed by atoms with Crippen LogP contribution >= 0.6 is 22.9 Å². The Labute approximate surface area is 99.6 Å². The molecule has 0 amide bonds. The molecular formula is C11H16ClNOS. The predicted molar refractivity (Wildman–Crippen MR) is 64.8 cm³/mol. The van der Waals surface area contributed by atoms with Crippen molar-refractivity contribution in [3.8, 4) is 0 Å². The first-order valence-corrected chi connectivity index (χ1v) is 6.46. The maximum Gasteiger partial charge on any atom is 0.0960 e. The summed E-state index contributed by atoms with van der Waals surface area (Å²) in [5.74, 6) is 0. The Morgan fingerprint density at radius 2 is 2.47 bits per heavy atom. The van der Waals surface area contributed by atoms with Gasteiger partial charge in [-0.15, -0.1) is 11.3 Å². The molecule has 1 aliphatic heterocycles. The Hall–Kier alpha value is -0.0900. The zero-order valence-corrected chi connectivity index (χ0v) is 10.6. The van der Waals surface area contributed by atoms with E-state index < -0.39 is 0 Å². The van der Waals surface area contributed by atoms with Gasteiger partial charge < -0.3 is 10.1 Å². The highest BCUT2D eigenvalue weighted by molar-refractivity contribution is 7.16. The number of hydrogen-bond acceptors (Lipinski definition) is 3. The topological polar surface area (TPSA) is 21.3 Å². The van der Waals surface area contributed by atoms with Crippen molar-refractivity contribution >= 4 is 22.9 Å². The molecule has 1 aliphatic rings. The predicted octanol–water partition coefficient (Wildman–Crippen LogP) is 3.15. The van der Waals surface area contributed by atoms with Crippen molar-refractivity contribution in [2.24, 2.45) is 0 Å². The number of nitrogens with one attached hydrogen (secondary N) is 1. The van der Waals surface area contributed by atoms with E-state index >= 15 is 0 Å². The van der Waals surface area contributed by atoms with Gasteiger partial charge in [0.05, 0.1) is 16.5 Å². The summed E-state index contributed by atoms with van der Waals surface area (Å²) in [7, 11) is 1.98. The summed E-state index contributed by atoms with van der Waals surface area (Å²) in [4.78, 5) is 1.28. The first kappa shape index (κ1) is 11.4. The number of rotatable bonds is 3.